The molecule has 21 heavy (non-hydrogen) atoms. The van der Waals surface area contributed by atoms with Crippen molar-refractivity contribution in [3.05, 3.63) is 24.1 Å². The lowest BCUT2D eigenvalue weighted by molar-refractivity contribution is 0.171. The van der Waals surface area contributed by atoms with Gasteiger partial charge in [-0.15, -0.1) is 5.10 Å². The molecule has 1 aliphatic rings. The van der Waals surface area contributed by atoms with Crippen LogP contribution in [-0.2, 0) is 6.54 Å². The molecule has 0 saturated heterocycles. The van der Waals surface area contributed by atoms with Gasteiger partial charge in [0.25, 0.3) is 0 Å². The Kier molecular flexibility index (Phi) is 3.92. The summed E-state index contributed by atoms with van der Waals surface area (Å²) in [6.07, 6.45) is 0. The highest BCUT2D eigenvalue weighted by molar-refractivity contribution is 5.59. The first-order valence-corrected chi connectivity index (χ1v) is 6.93. The molecule has 2 aromatic rings. The van der Waals surface area contributed by atoms with Crippen LogP contribution >= 0.6 is 0 Å². The van der Waals surface area contributed by atoms with Gasteiger partial charge >= 0.3 is 6.01 Å². The van der Waals surface area contributed by atoms with Gasteiger partial charge in [-0.1, -0.05) is 18.9 Å². The first-order valence-electron chi connectivity index (χ1n) is 6.93. The second-order valence-electron chi connectivity index (χ2n) is 5.02. The summed E-state index contributed by atoms with van der Waals surface area (Å²) in [7, 11) is 0. The largest absolute Gasteiger partial charge is 0.486 e. The molecule has 0 aliphatic carbocycles. The van der Waals surface area contributed by atoms with E-state index in [1.165, 1.54) is 0 Å². The minimum absolute atomic E-state index is 0.354. The average molecular weight is 290 g/mol. The second kappa shape index (κ2) is 6.01. The summed E-state index contributed by atoms with van der Waals surface area (Å²) in [5, 5.41) is 14.2. The van der Waals surface area contributed by atoms with Crippen molar-refractivity contribution in [3.63, 3.8) is 0 Å². The van der Waals surface area contributed by atoms with E-state index in [2.05, 4.69) is 34.7 Å². The quantitative estimate of drug-likeness (QED) is 0.872. The highest BCUT2D eigenvalue weighted by atomic mass is 16.6. The Morgan fingerprint density at radius 1 is 1.14 bits per heavy atom. The van der Waals surface area contributed by atoms with Crippen molar-refractivity contribution < 1.29 is 13.9 Å². The Morgan fingerprint density at radius 2 is 1.95 bits per heavy atom. The molecule has 1 aromatic carbocycles. The number of benzene rings is 1. The second-order valence-corrected chi connectivity index (χ2v) is 5.02. The monoisotopic (exact) mass is 290 g/mol. The van der Waals surface area contributed by atoms with Crippen molar-refractivity contribution in [2.45, 2.75) is 26.4 Å². The van der Waals surface area contributed by atoms with E-state index in [0.717, 1.165) is 11.4 Å². The molecule has 0 spiro atoms. The summed E-state index contributed by atoms with van der Waals surface area (Å²) in [4.78, 5) is 0. The van der Waals surface area contributed by atoms with E-state index in [4.69, 9.17) is 13.9 Å². The van der Waals surface area contributed by atoms with Crippen LogP contribution < -0.4 is 20.1 Å². The molecule has 0 unspecified atom stereocenters. The van der Waals surface area contributed by atoms with Crippen LogP contribution in [0.4, 0.5) is 11.7 Å². The molecule has 3 rings (SSSR count). The minimum Gasteiger partial charge on any atom is -0.486 e. The van der Waals surface area contributed by atoms with Gasteiger partial charge in [-0.3, -0.25) is 0 Å². The molecule has 7 heteroatoms. The van der Waals surface area contributed by atoms with E-state index in [9.17, 15) is 0 Å². The van der Waals surface area contributed by atoms with Gasteiger partial charge in [-0.25, -0.2) is 0 Å². The third-order valence-electron chi connectivity index (χ3n) is 2.92. The van der Waals surface area contributed by atoms with Crippen LogP contribution in [0.2, 0.25) is 0 Å². The molecule has 0 saturated carbocycles. The summed E-state index contributed by atoms with van der Waals surface area (Å²) in [5.41, 5.74) is 0.811. The molecular weight excluding hydrogens is 272 g/mol. The van der Waals surface area contributed by atoms with Crippen molar-refractivity contribution in [2.24, 2.45) is 0 Å². The highest BCUT2D eigenvalue weighted by Gasteiger charge is 2.13. The fraction of sp³-hybridized carbons (Fsp3) is 0.429. The van der Waals surface area contributed by atoms with E-state index < -0.39 is 0 Å². The molecule has 0 amide bonds. The van der Waals surface area contributed by atoms with E-state index in [0.29, 0.717) is 43.5 Å². The number of hydrogen-bond acceptors (Lipinski definition) is 7. The van der Waals surface area contributed by atoms with Crippen molar-refractivity contribution >= 4 is 11.7 Å². The number of hydrogen-bond donors (Lipinski definition) is 2. The normalized spacial score (nSPS) is 13.5. The van der Waals surface area contributed by atoms with Gasteiger partial charge in [-0.05, 0) is 12.1 Å². The predicted molar refractivity (Wildman–Crippen MR) is 77.0 cm³/mol. The Labute approximate surface area is 122 Å². The predicted octanol–water partition coefficient (Wildman–Crippen LogP) is 2.08. The Bertz CT molecular complexity index is 612. The van der Waals surface area contributed by atoms with Crippen LogP contribution in [0.3, 0.4) is 0 Å². The van der Waals surface area contributed by atoms with Crippen LogP contribution in [0.1, 0.15) is 19.7 Å². The molecule has 0 fully saturated rings. The molecule has 7 nitrogen and oxygen atoms in total. The SMILES string of the molecule is CC(C)NCc1nnc(Nc2ccc3c(c2)OCCO3)o1. The van der Waals surface area contributed by atoms with E-state index in [1.807, 2.05) is 18.2 Å². The molecular formula is C14H18N4O3. The number of nitrogens with zero attached hydrogens (tertiary/aromatic N) is 2. The van der Waals surface area contributed by atoms with Crippen LogP contribution in [-0.4, -0.2) is 29.5 Å². The van der Waals surface area contributed by atoms with Crippen LogP contribution in [0, 0.1) is 0 Å². The maximum atomic E-state index is 5.53. The van der Waals surface area contributed by atoms with Gasteiger partial charge < -0.3 is 24.5 Å². The topological polar surface area (TPSA) is 81.4 Å². The zero-order valence-electron chi connectivity index (χ0n) is 12.0. The van der Waals surface area contributed by atoms with Crippen LogP contribution in [0.25, 0.3) is 0 Å². The van der Waals surface area contributed by atoms with Gasteiger partial charge in [-0.2, -0.15) is 0 Å². The fourth-order valence-corrected chi connectivity index (χ4v) is 1.91. The van der Waals surface area contributed by atoms with E-state index in [1.54, 1.807) is 0 Å². The summed E-state index contributed by atoms with van der Waals surface area (Å²) in [6.45, 7) is 5.81. The van der Waals surface area contributed by atoms with Crippen LogP contribution in [0.5, 0.6) is 11.5 Å². The zero-order chi connectivity index (χ0) is 14.7. The molecule has 0 bridgehead atoms. The molecule has 1 aliphatic heterocycles. The lowest BCUT2D eigenvalue weighted by Crippen LogP contribution is -2.21. The van der Waals surface area contributed by atoms with Gasteiger partial charge in [0.05, 0.1) is 6.54 Å². The number of fused-ring (bicyclic) bond motifs is 1. The lowest BCUT2D eigenvalue weighted by atomic mass is 10.2. The molecule has 2 heterocycles. The Hall–Kier alpha value is -2.28. The summed E-state index contributed by atoms with van der Waals surface area (Å²) < 4.78 is 16.5. The van der Waals surface area contributed by atoms with Crippen LogP contribution in [0.15, 0.2) is 22.6 Å². The first kappa shape index (κ1) is 13.7. The maximum Gasteiger partial charge on any atom is 0.320 e. The van der Waals surface area contributed by atoms with Crippen molar-refractivity contribution in [1.82, 2.24) is 15.5 Å². The van der Waals surface area contributed by atoms with E-state index >= 15 is 0 Å². The molecule has 112 valence electrons. The Balaban J connectivity index is 1.66. The van der Waals surface area contributed by atoms with Crippen molar-refractivity contribution in [3.8, 4) is 11.5 Å². The first-order chi connectivity index (χ1) is 10.2. The number of rotatable bonds is 5. The third kappa shape index (κ3) is 3.43. The van der Waals surface area contributed by atoms with Gasteiger partial charge in [0.1, 0.15) is 13.2 Å². The fourth-order valence-electron chi connectivity index (χ4n) is 1.91. The number of ether oxygens (including phenoxy) is 2. The smallest absolute Gasteiger partial charge is 0.320 e. The highest BCUT2D eigenvalue weighted by Crippen LogP contribution is 2.33. The Morgan fingerprint density at radius 3 is 2.76 bits per heavy atom. The minimum atomic E-state index is 0.354. The third-order valence-corrected chi connectivity index (χ3v) is 2.92. The maximum absolute atomic E-state index is 5.53. The van der Waals surface area contributed by atoms with E-state index in [-0.39, 0.29) is 0 Å². The van der Waals surface area contributed by atoms with Crippen molar-refractivity contribution in [1.29, 1.82) is 0 Å². The summed E-state index contributed by atoms with van der Waals surface area (Å²) in [5.74, 6) is 2.01. The van der Waals surface area contributed by atoms with Gasteiger partial charge in [0.15, 0.2) is 11.5 Å². The molecule has 0 radical (unpaired) electrons. The standard InChI is InChI=1S/C14H18N4O3/c1-9(2)15-8-13-17-18-14(21-13)16-10-3-4-11-12(7-10)20-6-5-19-11/h3-4,7,9,15H,5-6,8H2,1-2H3,(H,16,18). The lowest BCUT2D eigenvalue weighted by Gasteiger charge is -2.18. The number of aromatic nitrogens is 2. The van der Waals surface area contributed by atoms with Crippen molar-refractivity contribution in [2.75, 3.05) is 18.5 Å². The zero-order valence-corrected chi connectivity index (χ0v) is 12.0. The van der Waals surface area contributed by atoms with Gasteiger partial charge in [0.2, 0.25) is 5.89 Å². The molecule has 1 aromatic heterocycles. The number of anilines is 2. The summed E-state index contributed by atoms with van der Waals surface area (Å²) in [6, 6.07) is 6.31. The summed E-state index contributed by atoms with van der Waals surface area (Å²) >= 11 is 0. The average Bonchev–Trinajstić information content (AvgIpc) is 2.92. The molecule has 2 N–H and O–H groups in total. The van der Waals surface area contributed by atoms with Gasteiger partial charge in [0, 0.05) is 17.8 Å². The molecule has 0 atom stereocenters. The number of nitrogens with one attached hydrogen (secondary N) is 2.